The molecule has 2 aromatic rings. The summed E-state index contributed by atoms with van der Waals surface area (Å²) >= 11 is 0. The molecule has 0 unspecified atom stereocenters. The van der Waals surface area contributed by atoms with E-state index in [0.29, 0.717) is 30.0 Å². The van der Waals surface area contributed by atoms with Gasteiger partial charge in [-0.2, -0.15) is 13.2 Å². The number of anilines is 2. The molecule has 0 saturated heterocycles. The third-order valence-corrected chi connectivity index (χ3v) is 4.38. The average Bonchev–Trinajstić information content (AvgIpc) is 2.71. The number of hydrogen-bond acceptors (Lipinski definition) is 4. The SMILES string of the molecule is CCOc1ccccc1C(=O)NCCCC(=O)Nc1cc(C(F)(F)F)ccc1N(C)C. The Morgan fingerprint density at radius 3 is 2.45 bits per heavy atom. The molecule has 0 aliphatic heterocycles. The van der Waals surface area contributed by atoms with Gasteiger partial charge < -0.3 is 20.3 Å². The highest BCUT2D eigenvalue weighted by atomic mass is 19.4. The van der Waals surface area contributed by atoms with Gasteiger partial charge in [-0.25, -0.2) is 0 Å². The summed E-state index contributed by atoms with van der Waals surface area (Å²) in [6, 6.07) is 10.0. The first-order valence-electron chi connectivity index (χ1n) is 9.82. The smallest absolute Gasteiger partial charge is 0.416 e. The van der Waals surface area contributed by atoms with E-state index in [0.717, 1.165) is 12.1 Å². The van der Waals surface area contributed by atoms with Crippen LogP contribution in [-0.2, 0) is 11.0 Å². The molecule has 31 heavy (non-hydrogen) atoms. The minimum Gasteiger partial charge on any atom is -0.493 e. The molecule has 0 saturated carbocycles. The Labute approximate surface area is 179 Å². The monoisotopic (exact) mass is 437 g/mol. The fraction of sp³-hybridized carbons (Fsp3) is 0.364. The van der Waals surface area contributed by atoms with Gasteiger partial charge in [-0.05, 0) is 43.7 Å². The van der Waals surface area contributed by atoms with Gasteiger partial charge in [0.2, 0.25) is 5.91 Å². The Hall–Kier alpha value is -3.23. The summed E-state index contributed by atoms with van der Waals surface area (Å²) in [4.78, 5) is 26.2. The fourth-order valence-electron chi connectivity index (χ4n) is 2.90. The molecule has 0 aliphatic carbocycles. The molecule has 0 aromatic heterocycles. The Bertz CT molecular complexity index is 914. The normalized spacial score (nSPS) is 11.0. The van der Waals surface area contributed by atoms with Gasteiger partial charge in [-0.15, -0.1) is 0 Å². The Kier molecular flexibility index (Phi) is 8.30. The van der Waals surface area contributed by atoms with Gasteiger partial charge in [0.05, 0.1) is 29.1 Å². The third kappa shape index (κ3) is 6.91. The maximum absolute atomic E-state index is 13.0. The first-order chi connectivity index (χ1) is 14.6. The maximum atomic E-state index is 13.0. The van der Waals surface area contributed by atoms with Crippen LogP contribution in [-0.4, -0.2) is 39.1 Å². The lowest BCUT2D eigenvalue weighted by Gasteiger charge is -2.20. The van der Waals surface area contributed by atoms with Crippen LogP contribution in [0.2, 0.25) is 0 Å². The van der Waals surface area contributed by atoms with Crippen molar-refractivity contribution >= 4 is 23.2 Å². The number of benzene rings is 2. The zero-order chi connectivity index (χ0) is 23.0. The Morgan fingerprint density at radius 2 is 1.81 bits per heavy atom. The molecule has 2 rings (SSSR count). The van der Waals surface area contributed by atoms with E-state index >= 15 is 0 Å². The molecule has 9 heteroatoms. The number of para-hydroxylation sites is 1. The van der Waals surface area contributed by atoms with E-state index in [4.69, 9.17) is 4.74 Å². The molecular weight excluding hydrogens is 411 g/mol. The molecule has 168 valence electrons. The van der Waals surface area contributed by atoms with Crippen LogP contribution in [0.1, 0.15) is 35.7 Å². The highest BCUT2D eigenvalue weighted by Crippen LogP contribution is 2.35. The van der Waals surface area contributed by atoms with Crippen LogP contribution >= 0.6 is 0 Å². The van der Waals surface area contributed by atoms with Crippen LogP contribution in [0.15, 0.2) is 42.5 Å². The number of halogens is 3. The minimum absolute atomic E-state index is 0.0382. The first kappa shape index (κ1) is 24.0. The molecule has 2 aromatic carbocycles. The Morgan fingerprint density at radius 1 is 1.10 bits per heavy atom. The van der Waals surface area contributed by atoms with Crippen molar-refractivity contribution in [1.29, 1.82) is 0 Å². The summed E-state index contributed by atoms with van der Waals surface area (Å²) in [7, 11) is 3.35. The van der Waals surface area contributed by atoms with E-state index in [2.05, 4.69) is 10.6 Å². The molecule has 0 aliphatic rings. The van der Waals surface area contributed by atoms with E-state index in [1.54, 1.807) is 43.3 Å². The van der Waals surface area contributed by atoms with E-state index in [1.807, 2.05) is 6.92 Å². The van der Waals surface area contributed by atoms with Crippen molar-refractivity contribution in [1.82, 2.24) is 5.32 Å². The topological polar surface area (TPSA) is 70.7 Å². The predicted molar refractivity (Wildman–Crippen MR) is 114 cm³/mol. The molecule has 0 fully saturated rings. The molecule has 0 atom stereocenters. The van der Waals surface area contributed by atoms with Gasteiger partial charge in [0, 0.05) is 27.1 Å². The number of ether oxygens (including phenoxy) is 1. The highest BCUT2D eigenvalue weighted by molar-refractivity contribution is 5.97. The van der Waals surface area contributed by atoms with Crippen LogP contribution in [0.5, 0.6) is 5.75 Å². The molecule has 0 heterocycles. The van der Waals surface area contributed by atoms with Gasteiger partial charge in [-0.1, -0.05) is 12.1 Å². The standard InChI is InChI=1S/C22H26F3N3O3/c1-4-31-19-9-6-5-8-16(19)21(30)26-13-7-10-20(29)27-17-14-15(22(23,24)25)11-12-18(17)28(2)3/h5-6,8-9,11-12,14H,4,7,10,13H2,1-3H3,(H,26,30)(H,27,29). The van der Waals surface area contributed by atoms with E-state index in [-0.39, 0.29) is 24.6 Å². The van der Waals surface area contributed by atoms with Gasteiger partial charge in [0.25, 0.3) is 5.91 Å². The van der Waals surface area contributed by atoms with E-state index < -0.39 is 17.6 Å². The number of nitrogens with zero attached hydrogens (tertiary/aromatic N) is 1. The van der Waals surface area contributed by atoms with Crippen molar-refractivity contribution in [3.05, 3.63) is 53.6 Å². The zero-order valence-electron chi connectivity index (χ0n) is 17.7. The summed E-state index contributed by atoms with van der Waals surface area (Å²) in [6.07, 6.45) is -4.15. The van der Waals surface area contributed by atoms with Crippen molar-refractivity contribution in [2.45, 2.75) is 25.9 Å². The predicted octanol–water partition coefficient (Wildman–Crippen LogP) is 4.32. The highest BCUT2D eigenvalue weighted by Gasteiger charge is 2.31. The van der Waals surface area contributed by atoms with Gasteiger partial charge in [-0.3, -0.25) is 9.59 Å². The average molecular weight is 437 g/mol. The summed E-state index contributed by atoms with van der Waals surface area (Å²) in [6.45, 7) is 2.48. The number of carbonyl (C=O) groups is 2. The number of hydrogen-bond donors (Lipinski definition) is 2. The van der Waals surface area contributed by atoms with Crippen LogP contribution in [0.4, 0.5) is 24.5 Å². The van der Waals surface area contributed by atoms with Crippen molar-refractivity contribution in [2.75, 3.05) is 37.5 Å². The number of nitrogens with one attached hydrogen (secondary N) is 2. The molecule has 2 amide bonds. The van der Waals surface area contributed by atoms with Crippen molar-refractivity contribution in [3.63, 3.8) is 0 Å². The maximum Gasteiger partial charge on any atom is 0.416 e. The Balaban J connectivity index is 1.92. The summed E-state index contributed by atoms with van der Waals surface area (Å²) in [5.74, 6) is -0.287. The summed E-state index contributed by atoms with van der Waals surface area (Å²) in [5.41, 5.74) is 0.101. The van der Waals surface area contributed by atoms with Crippen LogP contribution < -0.4 is 20.3 Å². The van der Waals surface area contributed by atoms with E-state index in [1.165, 1.54) is 6.07 Å². The molecule has 0 bridgehead atoms. The second kappa shape index (κ2) is 10.7. The van der Waals surface area contributed by atoms with Crippen LogP contribution in [0.3, 0.4) is 0 Å². The van der Waals surface area contributed by atoms with Crippen molar-refractivity contribution in [2.24, 2.45) is 0 Å². The third-order valence-electron chi connectivity index (χ3n) is 4.38. The van der Waals surface area contributed by atoms with Crippen LogP contribution in [0.25, 0.3) is 0 Å². The molecule has 2 N–H and O–H groups in total. The molecular formula is C22H26F3N3O3. The largest absolute Gasteiger partial charge is 0.493 e. The van der Waals surface area contributed by atoms with Gasteiger partial charge >= 0.3 is 6.18 Å². The van der Waals surface area contributed by atoms with Crippen molar-refractivity contribution < 1.29 is 27.5 Å². The van der Waals surface area contributed by atoms with Crippen LogP contribution in [0, 0.1) is 0 Å². The quantitative estimate of drug-likeness (QED) is 0.574. The molecule has 6 nitrogen and oxygen atoms in total. The zero-order valence-corrected chi connectivity index (χ0v) is 17.7. The van der Waals surface area contributed by atoms with Crippen molar-refractivity contribution in [3.8, 4) is 5.75 Å². The second-order valence-corrected chi connectivity index (χ2v) is 6.96. The number of carbonyl (C=O) groups excluding carboxylic acids is 2. The lowest BCUT2D eigenvalue weighted by atomic mass is 10.1. The van der Waals surface area contributed by atoms with E-state index in [9.17, 15) is 22.8 Å². The number of rotatable bonds is 9. The molecule has 0 spiro atoms. The number of amides is 2. The summed E-state index contributed by atoms with van der Waals surface area (Å²) in [5, 5.41) is 5.26. The lowest BCUT2D eigenvalue weighted by molar-refractivity contribution is -0.137. The lowest BCUT2D eigenvalue weighted by Crippen LogP contribution is -2.26. The van der Waals surface area contributed by atoms with Gasteiger partial charge in [0.15, 0.2) is 0 Å². The first-order valence-corrected chi connectivity index (χ1v) is 9.82. The number of alkyl halides is 3. The minimum atomic E-state index is -4.51. The summed E-state index contributed by atoms with van der Waals surface area (Å²) < 4.78 is 44.4. The molecule has 0 radical (unpaired) electrons. The second-order valence-electron chi connectivity index (χ2n) is 6.96. The fourth-order valence-corrected chi connectivity index (χ4v) is 2.90. The van der Waals surface area contributed by atoms with Gasteiger partial charge in [0.1, 0.15) is 5.75 Å².